The monoisotopic (exact) mass is 863 g/mol. The number of fused-ring (bicyclic) bond motifs is 6. The predicted molar refractivity (Wildman–Crippen MR) is 277 cm³/mol. The molecular formula is C63H49N3O. The maximum atomic E-state index is 6.63. The number of benzene rings is 8. The maximum absolute atomic E-state index is 6.63. The lowest BCUT2D eigenvalue weighted by atomic mass is 9.79. The van der Waals surface area contributed by atoms with E-state index in [1.807, 2.05) is 0 Å². The number of aliphatic imine (C=N–C) groups is 1. The Bertz CT molecular complexity index is 3420. The molecule has 2 aliphatic rings. The summed E-state index contributed by atoms with van der Waals surface area (Å²) in [5.74, 6) is 1.35. The summed E-state index contributed by atoms with van der Waals surface area (Å²) in [6.45, 7) is 2.42. The lowest BCUT2D eigenvalue weighted by Gasteiger charge is -2.25. The highest BCUT2D eigenvalue weighted by Gasteiger charge is 2.30. The summed E-state index contributed by atoms with van der Waals surface area (Å²) < 4.78 is 6.63. The molecule has 3 unspecified atom stereocenters. The highest BCUT2D eigenvalue weighted by atomic mass is 16.3. The third kappa shape index (κ3) is 7.75. The van der Waals surface area contributed by atoms with Crippen molar-refractivity contribution in [2.75, 3.05) is 0 Å². The third-order valence-corrected chi connectivity index (χ3v) is 14.0. The van der Waals surface area contributed by atoms with Gasteiger partial charge in [-0.15, -0.1) is 0 Å². The van der Waals surface area contributed by atoms with Gasteiger partial charge in [-0.25, -0.2) is 4.98 Å². The minimum atomic E-state index is -0.0872. The van der Waals surface area contributed by atoms with E-state index in [1.54, 1.807) is 0 Å². The van der Waals surface area contributed by atoms with E-state index >= 15 is 0 Å². The number of pyridine rings is 1. The molecule has 0 saturated carbocycles. The quantitative estimate of drug-likeness (QED) is 0.174. The molecule has 1 aliphatic carbocycles. The standard InChI is InChI=1S/C63H49N3O/c1-41-50-34-32-46(36-54(50)51-27-15-14-26-48(51)38-53(41)49-39-58(43-20-8-3-9-21-43)64-59(40-49)44-22-10-4-11-23-44)47-33-35-60-55(37-47)62-52(28-16-31-61(62)67-60)57-30-17-29-56(42-18-6-2-7-19-42)65-63(66-57)45-24-12-5-13-25-45/h2-16,18-29,31-37,39-41,53,57H,17,30,38H2,1H3,(H,65,66)/b56-29-. The van der Waals surface area contributed by atoms with E-state index in [0.717, 1.165) is 91.9 Å². The number of aromatic nitrogens is 1. The SMILES string of the molecule is CC1c2ccc(-c3ccc4oc5cccc(C6CC/C=C(/c7ccccc7)NC(c7ccccc7)=N6)c5c4c3)cc2-c2ccccc2CC1c1cc(-c2ccccc2)nc(-c2ccccc2)c1. The van der Waals surface area contributed by atoms with Crippen molar-refractivity contribution >= 4 is 33.5 Å². The molecule has 0 fully saturated rings. The van der Waals surface area contributed by atoms with Gasteiger partial charge in [-0.1, -0.05) is 189 Å². The van der Waals surface area contributed by atoms with E-state index in [9.17, 15) is 0 Å². The minimum absolute atomic E-state index is 0.0872. The van der Waals surface area contributed by atoms with Crippen molar-refractivity contribution in [3.05, 3.63) is 252 Å². The van der Waals surface area contributed by atoms with Crippen LogP contribution in [0.25, 0.3) is 72.4 Å². The fraction of sp³-hybridized carbons (Fsp3) is 0.111. The number of hydrogen-bond acceptors (Lipinski definition) is 4. The van der Waals surface area contributed by atoms with Gasteiger partial charge in [0.05, 0.1) is 17.4 Å². The Balaban J connectivity index is 0.942. The Kier molecular flexibility index (Phi) is 10.5. The first-order valence-electron chi connectivity index (χ1n) is 23.6. The number of nitrogens with zero attached hydrogens (tertiary/aromatic N) is 2. The van der Waals surface area contributed by atoms with Crippen LogP contribution in [0.5, 0.6) is 0 Å². The highest BCUT2D eigenvalue weighted by Crippen LogP contribution is 2.48. The van der Waals surface area contributed by atoms with E-state index in [4.69, 9.17) is 14.4 Å². The molecule has 322 valence electrons. The molecular weight excluding hydrogens is 815 g/mol. The molecule has 1 aliphatic heterocycles. The van der Waals surface area contributed by atoms with E-state index in [2.05, 4.69) is 231 Å². The van der Waals surface area contributed by atoms with Gasteiger partial charge in [-0.3, -0.25) is 4.99 Å². The van der Waals surface area contributed by atoms with Gasteiger partial charge in [0.1, 0.15) is 17.0 Å². The van der Waals surface area contributed by atoms with E-state index in [1.165, 1.54) is 38.9 Å². The molecule has 67 heavy (non-hydrogen) atoms. The molecule has 4 nitrogen and oxygen atoms in total. The number of hydrogen-bond donors (Lipinski definition) is 1. The Morgan fingerprint density at radius 1 is 0.507 bits per heavy atom. The lowest BCUT2D eigenvalue weighted by molar-refractivity contribution is 0.579. The van der Waals surface area contributed by atoms with Gasteiger partial charge in [0, 0.05) is 33.2 Å². The van der Waals surface area contributed by atoms with E-state index < -0.39 is 0 Å². The van der Waals surface area contributed by atoms with Crippen molar-refractivity contribution in [2.45, 2.75) is 44.1 Å². The van der Waals surface area contributed by atoms with Crippen LogP contribution in [0.4, 0.5) is 0 Å². The maximum Gasteiger partial charge on any atom is 0.135 e. The summed E-state index contributed by atoms with van der Waals surface area (Å²) >= 11 is 0. The lowest BCUT2D eigenvalue weighted by Crippen LogP contribution is -2.25. The molecule has 1 N–H and O–H groups in total. The predicted octanol–water partition coefficient (Wildman–Crippen LogP) is 16.0. The molecule has 3 atom stereocenters. The van der Waals surface area contributed by atoms with Crippen molar-refractivity contribution in [3.8, 4) is 44.8 Å². The van der Waals surface area contributed by atoms with Gasteiger partial charge in [-0.2, -0.15) is 0 Å². The van der Waals surface area contributed by atoms with Crippen LogP contribution in [0, 0.1) is 0 Å². The van der Waals surface area contributed by atoms with Gasteiger partial charge in [-0.05, 0) is 118 Å². The molecule has 4 heteroatoms. The Hall–Kier alpha value is -8.08. The second-order valence-corrected chi connectivity index (χ2v) is 18.0. The molecule has 0 saturated heterocycles. The smallest absolute Gasteiger partial charge is 0.135 e. The summed E-state index contributed by atoms with van der Waals surface area (Å²) in [6, 6.07) is 76.2. The summed E-state index contributed by atoms with van der Waals surface area (Å²) in [5.41, 5.74) is 19.5. The molecule has 0 spiro atoms. The van der Waals surface area contributed by atoms with Crippen molar-refractivity contribution in [1.29, 1.82) is 0 Å². The first-order valence-corrected chi connectivity index (χ1v) is 23.6. The van der Waals surface area contributed by atoms with Crippen LogP contribution in [0.2, 0.25) is 0 Å². The fourth-order valence-corrected chi connectivity index (χ4v) is 10.5. The second kappa shape index (κ2) is 17.4. The van der Waals surface area contributed by atoms with Gasteiger partial charge in [0.15, 0.2) is 0 Å². The summed E-state index contributed by atoms with van der Waals surface area (Å²) in [5, 5.41) is 6.00. The van der Waals surface area contributed by atoms with Crippen LogP contribution >= 0.6 is 0 Å². The van der Waals surface area contributed by atoms with Crippen LogP contribution in [0.3, 0.4) is 0 Å². The molecule has 2 aromatic heterocycles. The Labute approximate surface area is 392 Å². The zero-order chi connectivity index (χ0) is 44.7. The first-order chi connectivity index (χ1) is 33.1. The van der Waals surface area contributed by atoms with E-state index in [0.29, 0.717) is 0 Å². The topological polar surface area (TPSA) is 50.4 Å². The van der Waals surface area contributed by atoms with E-state index in [-0.39, 0.29) is 17.9 Å². The normalized spacial score (nSPS) is 17.8. The summed E-state index contributed by atoms with van der Waals surface area (Å²) in [4.78, 5) is 10.8. The van der Waals surface area contributed by atoms with Crippen molar-refractivity contribution in [2.24, 2.45) is 4.99 Å². The Morgan fingerprint density at radius 3 is 1.85 bits per heavy atom. The Morgan fingerprint density at radius 2 is 1.13 bits per heavy atom. The largest absolute Gasteiger partial charge is 0.456 e. The number of allylic oxidation sites excluding steroid dienone is 1. The zero-order valence-corrected chi connectivity index (χ0v) is 37.4. The average molecular weight is 864 g/mol. The number of furan rings is 1. The average Bonchev–Trinajstić information content (AvgIpc) is 3.71. The summed E-state index contributed by atoms with van der Waals surface area (Å²) in [6.07, 6.45) is 5.00. The number of amidine groups is 1. The molecule has 8 aromatic carbocycles. The highest BCUT2D eigenvalue weighted by molar-refractivity contribution is 6.09. The number of nitrogens with one attached hydrogen (secondary N) is 1. The van der Waals surface area contributed by atoms with Crippen molar-refractivity contribution < 1.29 is 4.42 Å². The first kappa shape index (κ1) is 40.4. The number of rotatable bonds is 7. The van der Waals surface area contributed by atoms with Crippen LogP contribution in [0.1, 0.15) is 71.0 Å². The minimum Gasteiger partial charge on any atom is -0.456 e. The van der Waals surface area contributed by atoms with Gasteiger partial charge in [0.2, 0.25) is 0 Å². The van der Waals surface area contributed by atoms with Gasteiger partial charge < -0.3 is 9.73 Å². The van der Waals surface area contributed by atoms with Crippen LogP contribution in [-0.2, 0) is 6.42 Å². The molecule has 12 rings (SSSR count). The third-order valence-electron chi connectivity index (χ3n) is 14.0. The zero-order valence-electron chi connectivity index (χ0n) is 37.4. The van der Waals surface area contributed by atoms with Crippen molar-refractivity contribution in [3.63, 3.8) is 0 Å². The molecule has 10 aromatic rings. The molecule has 0 bridgehead atoms. The van der Waals surface area contributed by atoms with Gasteiger partial charge >= 0.3 is 0 Å². The van der Waals surface area contributed by atoms with Gasteiger partial charge in [0.25, 0.3) is 0 Å². The van der Waals surface area contributed by atoms with Crippen LogP contribution in [-0.4, -0.2) is 10.8 Å². The van der Waals surface area contributed by atoms with Crippen molar-refractivity contribution in [1.82, 2.24) is 10.3 Å². The van der Waals surface area contributed by atoms with Crippen LogP contribution in [0.15, 0.2) is 228 Å². The summed E-state index contributed by atoms with van der Waals surface area (Å²) in [7, 11) is 0. The second-order valence-electron chi connectivity index (χ2n) is 18.0. The molecule has 0 amide bonds. The molecule has 3 heterocycles. The van der Waals surface area contributed by atoms with Crippen LogP contribution < -0.4 is 5.32 Å². The molecule has 0 radical (unpaired) electrons. The fourth-order valence-electron chi connectivity index (χ4n) is 10.5.